The van der Waals surface area contributed by atoms with Crippen LogP contribution in [0, 0.1) is 5.92 Å². The Balaban J connectivity index is 1.28. The fourth-order valence-electron chi connectivity index (χ4n) is 5.13. The Bertz CT molecular complexity index is 1070. The first-order valence-corrected chi connectivity index (χ1v) is 13.9. The topological polar surface area (TPSA) is 78.5 Å². The van der Waals surface area contributed by atoms with Gasteiger partial charge in [0.15, 0.2) is 9.84 Å². The molecule has 1 aliphatic carbocycles. The van der Waals surface area contributed by atoms with Crippen molar-refractivity contribution in [2.24, 2.45) is 5.92 Å². The van der Waals surface area contributed by atoms with Crippen molar-refractivity contribution in [3.63, 3.8) is 0 Å². The van der Waals surface area contributed by atoms with Gasteiger partial charge in [-0.15, -0.1) is 0 Å². The van der Waals surface area contributed by atoms with Crippen molar-refractivity contribution in [3.05, 3.63) is 59.1 Å². The lowest BCUT2D eigenvalue weighted by Crippen LogP contribution is -2.52. The molecule has 6 nitrogen and oxygen atoms in total. The maximum atomic E-state index is 12.6. The first-order chi connectivity index (χ1) is 15.8. The number of urea groups is 1. The molecule has 2 aromatic carbocycles. The number of hydrogen-bond acceptors (Lipinski definition) is 4. The zero-order valence-electron chi connectivity index (χ0n) is 19.0. The van der Waals surface area contributed by atoms with Gasteiger partial charge in [0, 0.05) is 29.0 Å². The highest BCUT2D eigenvalue weighted by Gasteiger charge is 2.35. The van der Waals surface area contributed by atoms with E-state index in [0.29, 0.717) is 17.6 Å². The zero-order chi connectivity index (χ0) is 23.4. The van der Waals surface area contributed by atoms with Gasteiger partial charge in [0.2, 0.25) is 0 Å². The second kappa shape index (κ2) is 10.5. The molecular formula is C25H32ClN3O3S. The van der Waals surface area contributed by atoms with E-state index < -0.39 is 9.84 Å². The Kier molecular flexibility index (Phi) is 7.62. The summed E-state index contributed by atoms with van der Waals surface area (Å²) in [5.41, 5.74) is 1.82. The fraction of sp³-hybridized carbons (Fsp3) is 0.480. The molecule has 1 saturated carbocycles. The molecule has 0 radical (unpaired) electrons. The van der Waals surface area contributed by atoms with Crippen LogP contribution in [0.15, 0.2) is 53.4 Å². The molecule has 2 N–H and O–H groups in total. The highest BCUT2D eigenvalue weighted by Crippen LogP contribution is 2.30. The molecule has 178 valence electrons. The Morgan fingerprint density at radius 3 is 2.48 bits per heavy atom. The van der Waals surface area contributed by atoms with Crippen LogP contribution in [0.2, 0.25) is 5.02 Å². The number of rotatable bonds is 6. The van der Waals surface area contributed by atoms with Crippen molar-refractivity contribution in [2.75, 3.05) is 24.7 Å². The van der Waals surface area contributed by atoms with E-state index in [1.54, 1.807) is 12.1 Å². The highest BCUT2D eigenvalue weighted by atomic mass is 35.5. The quantitative estimate of drug-likeness (QED) is 0.614. The summed E-state index contributed by atoms with van der Waals surface area (Å²) in [4.78, 5) is 15.4. The van der Waals surface area contributed by atoms with Gasteiger partial charge in [-0.1, -0.05) is 29.8 Å². The minimum absolute atomic E-state index is 0.107. The van der Waals surface area contributed by atoms with E-state index in [9.17, 15) is 13.2 Å². The molecule has 0 spiro atoms. The number of nitrogens with one attached hydrogen (secondary N) is 2. The van der Waals surface area contributed by atoms with E-state index in [1.807, 2.05) is 12.1 Å². The number of amides is 2. The molecule has 0 bridgehead atoms. The second-order valence-electron chi connectivity index (χ2n) is 9.31. The van der Waals surface area contributed by atoms with Crippen LogP contribution in [0.3, 0.4) is 0 Å². The lowest BCUT2D eigenvalue weighted by Gasteiger charge is -2.38. The molecule has 2 aromatic rings. The minimum Gasteiger partial charge on any atom is -0.334 e. The summed E-state index contributed by atoms with van der Waals surface area (Å²) in [6, 6.07) is 14.7. The molecule has 1 heterocycles. The summed E-state index contributed by atoms with van der Waals surface area (Å²) in [5, 5.41) is 6.71. The molecule has 2 fully saturated rings. The van der Waals surface area contributed by atoms with Crippen LogP contribution < -0.4 is 10.6 Å². The van der Waals surface area contributed by atoms with Crippen LogP contribution in [0.25, 0.3) is 0 Å². The van der Waals surface area contributed by atoms with Gasteiger partial charge in [0.1, 0.15) is 0 Å². The number of nitrogens with zero attached hydrogens (tertiary/aromatic N) is 1. The molecule has 2 atom stereocenters. The third-order valence-electron chi connectivity index (χ3n) is 6.87. The van der Waals surface area contributed by atoms with Crippen LogP contribution in [-0.2, 0) is 16.3 Å². The summed E-state index contributed by atoms with van der Waals surface area (Å²) in [6.45, 7) is 2.11. The maximum absolute atomic E-state index is 12.6. The number of hydrogen-bond donors (Lipinski definition) is 2. The normalized spacial score (nSPS) is 22.2. The van der Waals surface area contributed by atoms with Gasteiger partial charge in [0.25, 0.3) is 0 Å². The Hall–Kier alpha value is -2.09. The van der Waals surface area contributed by atoms with Crippen molar-refractivity contribution in [3.8, 4) is 0 Å². The lowest BCUT2D eigenvalue weighted by atomic mass is 9.89. The average molecular weight is 490 g/mol. The van der Waals surface area contributed by atoms with Crippen molar-refractivity contribution in [1.29, 1.82) is 0 Å². The molecule has 1 aliphatic heterocycles. The zero-order valence-corrected chi connectivity index (χ0v) is 20.5. The number of halogens is 1. The first-order valence-electron chi connectivity index (χ1n) is 11.6. The van der Waals surface area contributed by atoms with E-state index in [4.69, 9.17) is 11.6 Å². The van der Waals surface area contributed by atoms with Gasteiger partial charge < -0.3 is 10.6 Å². The van der Waals surface area contributed by atoms with E-state index in [0.717, 1.165) is 62.9 Å². The highest BCUT2D eigenvalue weighted by molar-refractivity contribution is 7.90. The van der Waals surface area contributed by atoms with Gasteiger partial charge in [-0.3, -0.25) is 4.90 Å². The molecule has 1 saturated heterocycles. The van der Waals surface area contributed by atoms with Gasteiger partial charge in [-0.2, -0.15) is 0 Å². The molecule has 8 heteroatoms. The number of anilines is 1. The van der Waals surface area contributed by atoms with Crippen molar-refractivity contribution >= 4 is 33.2 Å². The number of piperidine rings is 1. The van der Waals surface area contributed by atoms with Crippen molar-refractivity contribution in [1.82, 2.24) is 10.2 Å². The van der Waals surface area contributed by atoms with Gasteiger partial charge in [0.05, 0.1) is 4.90 Å². The fourth-order valence-corrected chi connectivity index (χ4v) is 5.92. The van der Waals surface area contributed by atoms with Crippen LogP contribution in [-0.4, -0.2) is 50.8 Å². The number of sulfone groups is 1. The maximum Gasteiger partial charge on any atom is 0.319 e. The summed E-state index contributed by atoms with van der Waals surface area (Å²) in [7, 11) is -3.32. The SMILES string of the molecule is CS(=O)(=O)c1cccc(NC(=O)NC2CCCC2N2CCC(Cc3ccc(Cl)cc3)CC2)c1. The van der Waals surface area contributed by atoms with Crippen molar-refractivity contribution < 1.29 is 13.2 Å². The Morgan fingerprint density at radius 2 is 1.79 bits per heavy atom. The van der Waals surface area contributed by atoms with Gasteiger partial charge in [-0.05, 0) is 93.4 Å². The average Bonchev–Trinajstić information content (AvgIpc) is 3.23. The molecule has 4 rings (SSSR count). The molecule has 2 amide bonds. The summed E-state index contributed by atoms with van der Waals surface area (Å²) < 4.78 is 23.5. The van der Waals surface area contributed by atoms with E-state index in [2.05, 4.69) is 27.7 Å². The van der Waals surface area contributed by atoms with Crippen LogP contribution >= 0.6 is 11.6 Å². The molecule has 33 heavy (non-hydrogen) atoms. The van der Waals surface area contributed by atoms with E-state index in [-0.39, 0.29) is 17.0 Å². The third-order valence-corrected chi connectivity index (χ3v) is 8.23. The Morgan fingerprint density at radius 1 is 1.06 bits per heavy atom. The van der Waals surface area contributed by atoms with Crippen molar-refractivity contribution in [2.45, 2.75) is 55.5 Å². The number of carbonyl (C=O) groups excluding carboxylic acids is 1. The summed E-state index contributed by atoms with van der Waals surface area (Å²) in [6.07, 6.45) is 7.74. The molecular weight excluding hydrogens is 458 g/mol. The van der Waals surface area contributed by atoms with Crippen LogP contribution in [0.5, 0.6) is 0 Å². The molecule has 0 aromatic heterocycles. The first kappa shape index (κ1) is 24.0. The predicted octanol–water partition coefficient (Wildman–Crippen LogP) is 4.74. The summed E-state index contributed by atoms with van der Waals surface area (Å²) >= 11 is 6.00. The monoisotopic (exact) mass is 489 g/mol. The predicted molar refractivity (Wildman–Crippen MR) is 133 cm³/mol. The number of carbonyl (C=O) groups is 1. The third kappa shape index (κ3) is 6.49. The number of likely N-dealkylation sites (tertiary alicyclic amines) is 1. The van der Waals surface area contributed by atoms with Crippen LogP contribution in [0.1, 0.15) is 37.7 Å². The van der Waals surface area contributed by atoms with Gasteiger partial charge in [-0.25, -0.2) is 13.2 Å². The van der Waals surface area contributed by atoms with Gasteiger partial charge >= 0.3 is 6.03 Å². The standard InChI is InChI=1S/C25H32ClN3O3S/c1-33(31,32)22-5-2-4-21(17-22)27-25(30)28-23-6-3-7-24(23)29-14-12-19(13-15-29)16-18-8-10-20(26)11-9-18/h2,4-5,8-11,17,19,23-24H,3,6-7,12-16H2,1H3,(H2,27,28,30). The largest absolute Gasteiger partial charge is 0.334 e. The molecule has 2 aliphatic rings. The minimum atomic E-state index is -3.32. The van der Waals surface area contributed by atoms with E-state index in [1.165, 1.54) is 17.7 Å². The summed E-state index contributed by atoms with van der Waals surface area (Å²) in [5.74, 6) is 0.681. The lowest BCUT2D eigenvalue weighted by molar-refractivity contribution is 0.119. The second-order valence-corrected chi connectivity index (χ2v) is 11.8. The smallest absolute Gasteiger partial charge is 0.319 e. The molecule has 2 unspecified atom stereocenters. The van der Waals surface area contributed by atoms with Crippen LogP contribution in [0.4, 0.5) is 10.5 Å². The Labute approximate surface area is 201 Å². The van der Waals surface area contributed by atoms with E-state index >= 15 is 0 Å². The number of benzene rings is 2.